The fourth-order valence-electron chi connectivity index (χ4n) is 3.25. The molecule has 0 aliphatic heterocycles. The number of aromatic hydroxyl groups is 1. The first-order valence-corrected chi connectivity index (χ1v) is 10.5. The fraction of sp³-hybridized carbons (Fsp3) is 0.350. The van der Waals surface area contributed by atoms with Crippen molar-refractivity contribution in [2.75, 3.05) is 11.1 Å². The summed E-state index contributed by atoms with van der Waals surface area (Å²) in [7, 11) is -3.40. The molecule has 138 valence electrons. The highest BCUT2D eigenvalue weighted by molar-refractivity contribution is 7.91. The molecule has 1 aliphatic rings. The monoisotopic (exact) mass is 373 g/mol. The molecule has 0 heterocycles. The Labute approximate surface area is 154 Å². The highest BCUT2D eigenvalue weighted by atomic mass is 32.2. The number of nitrogens with one attached hydrogen (secondary N) is 1. The quantitative estimate of drug-likeness (QED) is 0.788. The van der Waals surface area contributed by atoms with Gasteiger partial charge in [-0.1, -0.05) is 25.1 Å². The number of carbonyl (C=O) groups is 1. The summed E-state index contributed by atoms with van der Waals surface area (Å²) in [6, 6.07) is 10.1. The molecule has 0 saturated carbocycles. The van der Waals surface area contributed by atoms with Crippen LogP contribution in [0.4, 0.5) is 5.69 Å². The van der Waals surface area contributed by atoms with Gasteiger partial charge in [0.05, 0.1) is 22.8 Å². The lowest BCUT2D eigenvalue weighted by Crippen LogP contribution is -2.15. The van der Waals surface area contributed by atoms with Gasteiger partial charge in [0.2, 0.25) is 5.91 Å². The van der Waals surface area contributed by atoms with Crippen molar-refractivity contribution in [2.45, 2.75) is 43.9 Å². The van der Waals surface area contributed by atoms with Gasteiger partial charge >= 0.3 is 0 Å². The minimum atomic E-state index is -3.40. The number of phenolic OH excluding ortho intramolecular Hbond substituents is 1. The summed E-state index contributed by atoms with van der Waals surface area (Å²) >= 11 is 0. The second-order valence-electron chi connectivity index (χ2n) is 6.62. The maximum atomic E-state index is 12.4. The van der Waals surface area contributed by atoms with Crippen molar-refractivity contribution in [2.24, 2.45) is 0 Å². The number of rotatable bonds is 5. The van der Waals surface area contributed by atoms with Gasteiger partial charge in [-0.25, -0.2) is 8.42 Å². The Morgan fingerprint density at radius 2 is 1.81 bits per heavy atom. The van der Waals surface area contributed by atoms with E-state index in [9.17, 15) is 18.3 Å². The number of carbonyl (C=O) groups excluding carboxylic acids is 1. The van der Waals surface area contributed by atoms with E-state index < -0.39 is 9.84 Å². The summed E-state index contributed by atoms with van der Waals surface area (Å²) in [6.45, 7) is 1.55. The van der Waals surface area contributed by atoms with Crippen LogP contribution < -0.4 is 5.32 Å². The van der Waals surface area contributed by atoms with E-state index in [-0.39, 0.29) is 34.4 Å². The van der Waals surface area contributed by atoms with E-state index in [0.29, 0.717) is 0 Å². The molecule has 5 nitrogen and oxygen atoms in total. The van der Waals surface area contributed by atoms with Gasteiger partial charge in [0.15, 0.2) is 9.84 Å². The lowest BCUT2D eigenvalue weighted by atomic mass is 9.90. The third kappa shape index (κ3) is 4.07. The average Bonchev–Trinajstić information content (AvgIpc) is 2.63. The molecule has 2 aromatic carbocycles. The maximum absolute atomic E-state index is 12.4. The predicted octanol–water partition coefficient (Wildman–Crippen LogP) is 3.25. The van der Waals surface area contributed by atoms with Crippen molar-refractivity contribution in [1.82, 2.24) is 0 Å². The van der Waals surface area contributed by atoms with Gasteiger partial charge in [-0.2, -0.15) is 0 Å². The van der Waals surface area contributed by atoms with Crippen molar-refractivity contribution in [1.29, 1.82) is 0 Å². The SMILES string of the molecule is CCS(=O)(=O)c1ccc(O)c(NC(=O)Cc2ccc3c(c2)CCCC3)c1. The summed E-state index contributed by atoms with van der Waals surface area (Å²) in [5.74, 6) is -0.485. The molecule has 0 atom stereocenters. The third-order valence-electron chi connectivity index (χ3n) is 4.76. The largest absolute Gasteiger partial charge is 0.506 e. The summed E-state index contributed by atoms with van der Waals surface area (Å²) in [6.07, 6.45) is 4.70. The second-order valence-corrected chi connectivity index (χ2v) is 8.90. The molecular formula is C20H23NO4S. The van der Waals surface area contributed by atoms with Gasteiger partial charge in [0, 0.05) is 0 Å². The maximum Gasteiger partial charge on any atom is 0.228 e. The molecule has 2 N–H and O–H groups in total. The van der Waals surface area contributed by atoms with E-state index in [1.807, 2.05) is 6.07 Å². The topological polar surface area (TPSA) is 83.5 Å². The number of fused-ring (bicyclic) bond motifs is 1. The first-order valence-electron chi connectivity index (χ1n) is 8.85. The Balaban J connectivity index is 1.75. The van der Waals surface area contributed by atoms with E-state index in [1.165, 1.54) is 42.2 Å². The number of benzene rings is 2. The number of anilines is 1. The molecule has 0 unspecified atom stereocenters. The summed E-state index contributed by atoms with van der Waals surface area (Å²) in [4.78, 5) is 12.4. The third-order valence-corrected chi connectivity index (χ3v) is 6.49. The van der Waals surface area contributed by atoms with Crippen LogP contribution in [0.1, 0.15) is 36.5 Å². The van der Waals surface area contributed by atoms with E-state index >= 15 is 0 Å². The van der Waals surface area contributed by atoms with Crippen molar-refractivity contribution in [3.63, 3.8) is 0 Å². The van der Waals surface area contributed by atoms with Gasteiger partial charge < -0.3 is 10.4 Å². The van der Waals surface area contributed by atoms with Gasteiger partial charge in [0.1, 0.15) is 5.75 Å². The zero-order chi connectivity index (χ0) is 18.7. The van der Waals surface area contributed by atoms with Crippen LogP contribution in [0.2, 0.25) is 0 Å². The van der Waals surface area contributed by atoms with Crippen LogP contribution in [0.25, 0.3) is 0 Å². The molecule has 0 aromatic heterocycles. The van der Waals surface area contributed by atoms with Crippen molar-refractivity contribution >= 4 is 21.4 Å². The lowest BCUT2D eigenvalue weighted by Gasteiger charge is -2.16. The van der Waals surface area contributed by atoms with E-state index in [2.05, 4.69) is 17.4 Å². The van der Waals surface area contributed by atoms with Crippen molar-refractivity contribution in [3.05, 3.63) is 53.1 Å². The lowest BCUT2D eigenvalue weighted by molar-refractivity contribution is -0.115. The normalized spacial score (nSPS) is 13.9. The van der Waals surface area contributed by atoms with Crippen molar-refractivity contribution in [3.8, 4) is 5.75 Å². The Kier molecular flexibility index (Phi) is 5.32. The van der Waals surface area contributed by atoms with Gasteiger partial charge in [-0.15, -0.1) is 0 Å². The predicted molar refractivity (Wildman–Crippen MR) is 101 cm³/mol. The van der Waals surface area contributed by atoms with Crippen LogP contribution in [0, 0.1) is 0 Å². The van der Waals surface area contributed by atoms with Gasteiger partial charge in [0.25, 0.3) is 0 Å². The molecule has 1 aliphatic carbocycles. The number of aryl methyl sites for hydroxylation is 2. The van der Waals surface area contributed by atoms with Crippen LogP contribution in [0.5, 0.6) is 5.75 Å². The standard InChI is InChI=1S/C20H23NO4S/c1-2-26(24,25)17-9-10-19(22)18(13-17)21-20(23)12-14-7-8-15-5-3-4-6-16(15)11-14/h7-11,13,22H,2-6,12H2,1H3,(H,21,23). The summed E-state index contributed by atoms with van der Waals surface area (Å²) in [5, 5.41) is 12.6. The second kappa shape index (κ2) is 7.50. The molecular weight excluding hydrogens is 350 g/mol. The van der Waals surface area contributed by atoms with Gasteiger partial charge in [-0.3, -0.25) is 4.79 Å². The van der Waals surface area contributed by atoms with Crippen LogP contribution in [-0.4, -0.2) is 25.2 Å². The summed E-state index contributed by atoms with van der Waals surface area (Å²) < 4.78 is 24.0. The van der Waals surface area contributed by atoms with Crippen LogP contribution in [-0.2, 0) is 33.9 Å². The zero-order valence-corrected chi connectivity index (χ0v) is 15.6. The minimum absolute atomic E-state index is 0.0414. The highest BCUT2D eigenvalue weighted by Gasteiger charge is 2.16. The van der Waals surface area contributed by atoms with Crippen LogP contribution in [0.15, 0.2) is 41.3 Å². The summed E-state index contributed by atoms with van der Waals surface area (Å²) in [5.41, 5.74) is 3.69. The number of sulfone groups is 1. The van der Waals surface area contributed by atoms with Crippen molar-refractivity contribution < 1.29 is 18.3 Å². The highest BCUT2D eigenvalue weighted by Crippen LogP contribution is 2.27. The molecule has 1 amide bonds. The fourth-order valence-corrected chi connectivity index (χ4v) is 4.16. The number of hydrogen-bond donors (Lipinski definition) is 2. The molecule has 0 fully saturated rings. The smallest absolute Gasteiger partial charge is 0.228 e. The number of phenols is 1. The number of hydrogen-bond acceptors (Lipinski definition) is 4. The Morgan fingerprint density at radius 3 is 2.54 bits per heavy atom. The zero-order valence-electron chi connectivity index (χ0n) is 14.8. The molecule has 26 heavy (non-hydrogen) atoms. The van der Waals surface area contributed by atoms with Gasteiger partial charge in [-0.05, 0) is 60.6 Å². The minimum Gasteiger partial charge on any atom is -0.506 e. The van der Waals surface area contributed by atoms with E-state index in [0.717, 1.165) is 18.4 Å². The molecule has 6 heteroatoms. The molecule has 0 saturated heterocycles. The molecule has 0 spiro atoms. The molecule has 3 rings (SSSR count). The number of amides is 1. The van der Waals surface area contributed by atoms with E-state index in [1.54, 1.807) is 6.92 Å². The Hall–Kier alpha value is -2.34. The first kappa shape index (κ1) is 18.5. The Morgan fingerprint density at radius 1 is 1.08 bits per heavy atom. The Bertz CT molecular complexity index is 935. The molecule has 2 aromatic rings. The van der Waals surface area contributed by atoms with Crippen LogP contribution >= 0.6 is 0 Å². The molecule has 0 bridgehead atoms. The van der Waals surface area contributed by atoms with Crippen LogP contribution in [0.3, 0.4) is 0 Å². The van der Waals surface area contributed by atoms with E-state index in [4.69, 9.17) is 0 Å². The molecule has 0 radical (unpaired) electrons. The average molecular weight is 373 g/mol. The first-order chi connectivity index (χ1) is 12.4.